The van der Waals surface area contributed by atoms with Crippen LogP contribution in [0.4, 0.5) is 0 Å². The fourth-order valence-corrected chi connectivity index (χ4v) is 3.77. The third kappa shape index (κ3) is 3.98. The number of furan rings is 2. The first-order valence-electron chi connectivity index (χ1n) is 10.4. The fraction of sp³-hybridized carbons (Fsp3) is 0.111. The summed E-state index contributed by atoms with van der Waals surface area (Å²) in [7, 11) is 0. The van der Waals surface area contributed by atoms with E-state index in [0.29, 0.717) is 17.3 Å². The lowest BCUT2D eigenvalue weighted by Crippen LogP contribution is -1.99. The molecule has 4 rings (SSSR count). The molecular weight excluding hydrogens is 426 g/mol. The number of allylic oxidation sites excluding steroid dienone is 4. The topological polar surface area (TPSA) is 126 Å². The summed E-state index contributed by atoms with van der Waals surface area (Å²) in [5.41, 5.74) is 3.51. The Kier molecular flexibility index (Phi) is 5.88. The maximum Gasteiger partial charge on any atom is 0.160 e. The predicted molar refractivity (Wildman–Crippen MR) is 127 cm³/mol. The van der Waals surface area contributed by atoms with Gasteiger partial charge in [0.05, 0.1) is 11.0 Å². The van der Waals surface area contributed by atoms with Gasteiger partial charge in [0, 0.05) is 29.1 Å². The molecule has 0 saturated heterocycles. The van der Waals surface area contributed by atoms with Crippen LogP contribution in [0.25, 0.3) is 45.5 Å². The first kappa shape index (κ1) is 22.0. The number of aromatic nitrogens is 1. The lowest BCUT2D eigenvalue weighted by Gasteiger charge is -2.11. The number of fused-ring (bicyclic) bond motifs is 3. The number of hydrogen-bond acceptors (Lipinski definition) is 6. The second-order valence-electron chi connectivity index (χ2n) is 7.71. The summed E-state index contributed by atoms with van der Waals surface area (Å²) in [6.07, 6.45) is 6.18. The van der Waals surface area contributed by atoms with Crippen molar-refractivity contribution >= 4 is 34.2 Å². The zero-order valence-corrected chi connectivity index (χ0v) is 18.4. The van der Waals surface area contributed by atoms with Gasteiger partial charge in [0.2, 0.25) is 0 Å². The smallest absolute Gasteiger partial charge is 0.160 e. The third-order valence-electron chi connectivity index (χ3n) is 5.21. The molecule has 0 N–H and O–H groups in total. The van der Waals surface area contributed by atoms with Gasteiger partial charge in [-0.3, -0.25) is 0 Å². The second kappa shape index (κ2) is 9.09. The molecule has 0 saturated carbocycles. The number of nitriles is 4. The van der Waals surface area contributed by atoms with Crippen LogP contribution in [0.15, 0.2) is 68.5 Å². The minimum absolute atomic E-state index is 0.0186. The Balaban J connectivity index is 1.78. The van der Waals surface area contributed by atoms with Gasteiger partial charge < -0.3 is 13.4 Å². The molecule has 3 aromatic heterocycles. The average Bonchev–Trinajstić information content (AvgIpc) is 3.53. The van der Waals surface area contributed by atoms with Gasteiger partial charge in [-0.05, 0) is 50.3 Å². The van der Waals surface area contributed by atoms with Gasteiger partial charge in [-0.25, -0.2) is 0 Å². The highest BCUT2D eigenvalue weighted by molar-refractivity contribution is 6.06. The molecule has 0 aliphatic rings. The maximum atomic E-state index is 8.95. The van der Waals surface area contributed by atoms with Crippen LogP contribution in [-0.2, 0) is 0 Å². The zero-order chi connectivity index (χ0) is 24.2. The van der Waals surface area contributed by atoms with Crippen molar-refractivity contribution in [3.05, 3.63) is 71.2 Å². The lowest BCUT2D eigenvalue weighted by molar-refractivity contribution is 0.571. The van der Waals surface area contributed by atoms with Crippen molar-refractivity contribution in [2.75, 3.05) is 0 Å². The quantitative estimate of drug-likeness (QED) is 0.251. The molecular formula is C27H17N5O2. The highest BCUT2D eigenvalue weighted by Crippen LogP contribution is 2.37. The Labute approximate surface area is 195 Å². The van der Waals surface area contributed by atoms with E-state index in [1.165, 1.54) is 12.2 Å². The number of benzene rings is 1. The normalized spacial score (nSPS) is 10.7. The minimum Gasteiger partial charge on any atom is -0.457 e. The molecule has 7 heteroatoms. The molecule has 4 aromatic rings. The summed E-state index contributed by atoms with van der Waals surface area (Å²) >= 11 is 0. The van der Waals surface area contributed by atoms with Crippen LogP contribution in [0.2, 0.25) is 0 Å². The van der Waals surface area contributed by atoms with Crippen molar-refractivity contribution in [1.29, 1.82) is 21.0 Å². The average molecular weight is 443 g/mol. The van der Waals surface area contributed by atoms with Crippen LogP contribution in [0.3, 0.4) is 0 Å². The van der Waals surface area contributed by atoms with Crippen molar-refractivity contribution in [2.45, 2.75) is 19.9 Å². The second-order valence-corrected chi connectivity index (χ2v) is 7.71. The molecule has 0 bridgehead atoms. The molecule has 0 fully saturated rings. The summed E-state index contributed by atoms with van der Waals surface area (Å²) in [4.78, 5) is 0. The summed E-state index contributed by atoms with van der Waals surface area (Å²) < 4.78 is 14.1. The van der Waals surface area contributed by atoms with Crippen molar-refractivity contribution in [3.63, 3.8) is 0 Å². The van der Waals surface area contributed by atoms with E-state index in [0.717, 1.165) is 27.6 Å². The molecule has 0 radical (unpaired) electrons. The standard InChI is InChI=1S/C27H17N5O2/c1-17(2)32-24-11-20(26-9-7-22(33-26)10-19(15-30)16-31)6-8-23(24)27-25(32)12-21(34-27)5-3-4-18(13-28)14-29/h3-12,17H,1-2H3/b5-3+. The highest BCUT2D eigenvalue weighted by Gasteiger charge is 2.18. The van der Waals surface area contributed by atoms with Crippen molar-refractivity contribution in [2.24, 2.45) is 0 Å². The van der Waals surface area contributed by atoms with Gasteiger partial charge >= 0.3 is 0 Å². The van der Waals surface area contributed by atoms with Gasteiger partial charge in [-0.15, -0.1) is 0 Å². The number of rotatable bonds is 5. The van der Waals surface area contributed by atoms with Crippen molar-refractivity contribution in [3.8, 4) is 35.6 Å². The van der Waals surface area contributed by atoms with E-state index in [4.69, 9.17) is 29.9 Å². The molecule has 7 nitrogen and oxygen atoms in total. The Hall–Kier alpha value is -5.24. The van der Waals surface area contributed by atoms with Gasteiger partial charge in [-0.2, -0.15) is 21.0 Å². The number of nitrogens with zero attached hydrogens (tertiary/aromatic N) is 5. The Bertz CT molecular complexity index is 1640. The molecule has 162 valence electrons. The van der Waals surface area contributed by atoms with Crippen LogP contribution in [0, 0.1) is 45.3 Å². The Morgan fingerprint density at radius 1 is 0.853 bits per heavy atom. The Morgan fingerprint density at radius 2 is 1.59 bits per heavy atom. The third-order valence-corrected chi connectivity index (χ3v) is 5.21. The largest absolute Gasteiger partial charge is 0.457 e. The molecule has 0 atom stereocenters. The molecule has 3 heterocycles. The molecule has 0 spiro atoms. The predicted octanol–water partition coefficient (Wildman–Crippen LogP) is 6.65. The first-order chi connectivity index (χ1) is 16.5. The van der Waals surface area contributed by atoms with Crippen LogP contribution in [0.5, 0.6) is 0 Å². The van der Waals surface area contributed by atoms with E-state index in [1.54, 1.807) is 24.3 Å². The van der Waals surface area contributed by atoms with Crippen molar-refractivity contribution < 1.29 is 8.83 Å². The van der Waals surface area contributed by atoms with Crippen molar-refractivity contribution in [1.82, 2.24) is 4.57 Å². The summed E-state index contributed by atoms with van der Waals surface area (Å²) in [6, 6.07) is 18.8. The molecule has 0 unspecified atom stereocenters. The van der Waals surface area contributed by atoms with Gasteiger partial charge in [-0.1, -0.05) is 12.1 Å². The SMILES string of the molecule is CC(C)n1c2cc(-c3ccc(C=C(C#N)C#N)o3)ccc2c2oc(/C=C/C=C(C#N)C#N)cc21. The lowest BCUT2D eigenvalue weighted by atomic mass is 10.1. The molecule has 1 aromatic carbocycles. The van der Waals surface area contributed by atoms with Crippen LogP contribution < -0.4 is 0 Å². The maximum absolute atomic E-state index is 8.95. The summed E-state index contributed by atoms with van der Waals surface area (Å²) in [6.45, 7) is 4.17. The van der Waals surface area contributed by atoms with Crippen LogP contribution in [0.1, 0.15) is 31.4 Å². The molecule has 0 aliphatic carbocycles. The minimum atomic E-state index is -0.0257. The zero-order valence-electron chi connectivity index (χ0n) is 18.4. The van der Waals surface area contributed by atoms with E-state index >= 15 is 0 Å². The molecule has 0 aliphatic heterocycles. The highest BCUT2D eigenvalue weighted by atomic mass is 16.3. The fourth-order valence-electron chi connectivity index (χ4n) is 3.77. The van der Waals surface area contributed by atoms with E-state index in [-0.39, 0.29) is 17.2 Å². The van der Waals surface area contributed by atoms with E-state index in [9.17, 15) is 0 Å². The van der Waals surface area contributed by atoms with E-state index in [2.05, 4.69) is 18.4 Å². The Morgan fingerprint density at radius 3 is 2.26 bits per heavy atom. The van der Waals surface area contributed by atoms with E-state index in [1.807, 2.05) is 48.5 Å². The van der Waals surface area contributed by atoms with Gasteiger partial charge in [0.15, 0.2) is 5.58 Å². The van der Waals surface area contributed by atoms with Crippen LogP contribution >= 0.6 is 0 Å². The molecule has 34 heavy (non-hydrogen) atoms. The van der Waals surface area contributed by atoms with E-state index < -0.39 is 0 Å². The first-order valence-corrected chi connectivity index (χ1v) is 10.4. The summed E-state index contributed by atoms with van der Waals surface area (Å²) in [5.74, 6) is 1.67. The van der Waals surface area contributed by atoms with Gasteiger partial charge in [0.1, 0.15) is 52.7 Å². The molecule has 0 amide bonds. The number of hydrogen-bond donors (Lipinski definition) is 0. The van der Waals surface area contributed by atoms with Crippen LogP contribution in [-0.4, -0.2) is 4.57 Å². The monoisotopic (exact) mass is 443 g/mol. The summed E-state index contributed by atoms with van der Waals surface area (Å²) in [5, 5.41) is 36.5. The van der Waals surface area contributed by atoms with Gasteiger partial charge in [0.25, 0.3) is 0 Å².